The molecule has 19 heavy (non-hydrogen) atoms. The molecule has 2 aromatic carbocycles. The number of nitrogens with one attached hydrogen (secondary N) is 1. The van der Waals surface area contributed by atoms with E-state index < -0.39 is 0 Å². The number of benzene rings is 2. The van der Waals surface area contributed by atoms with E-state index in [1.165, 1.54) is 16.3 Å². The Morgan fingerprint density at radius 3 is 2.53 bits per heavy atom. The van der Waals surface area contributed by atoms with Gasteiger partial charge in [0, 0.05) is 19.3 Å². The first-order chi connectivity index (χ1) is 9.43. The van der Waals surface area contributed by atoms with E-state index in [0.29, 0.717) is 0 Å². The summed E-state index contributed by atoms with van der Waals surface area (Å²) >= 11 is 0. The molecular weight excluding hydrogens is 232 g/mol. The standard InChI is InChI=1S/C17H16N2/c1-2-10-17-14(6-1)7-5-8-15(17)12-18-13-16-9-3-4-11-19-16/h1-11,18H,12-13H2. The van der Waals surface area contributed by atoms with Gasteiger partial charge in [-0.15, -0.1) is 0 Å². The van der Waals surface area contributed by atoms with Crippen LogP contribution < -0.4 is 5.32 Å². The van der Waals surface area contributed by atoms with Crippen molar-refractivity contribution in [2.24, 2.45) is 0 Å². The van der Waals surface area contributed by atoms with Gasteiger partial charge in [-0.05, 0) is 28.5 Å². The number of aromatic nitrogens is 1. The molecule has 0 saturated heterocycles. The fourth-order valence-corrected chi connectivity index (χ4v) is 2.27. The molecule has 2 heteroatoms. The first-order valence-corrected chi connectivity index (χ1v) is 6.51. The maximum absolute atomic E-state index is 4.31. The SMILES string of the molecule is c1ccc(CNCc2cccc3ccccc23)nc1. The number of nitrogens with zero attached hydrogens (tertiary/aromatic N) is 1. The zero-order valence-electron chi connectivity index (χ0n) is 10.7. The van der Waals surface area contributed by atoms with Crippen molar-refractivity contribution in [2.75, 3.05) is 0 Å². The third-order valence-electron chi connectivity index (χ3n) is 3.23. The Kier molecular flexibility index (Phi) is 3.52. The van der Waals surface area contributed by atoms with Crippen molar-refractivity contribution < 1.29 is 0 Å². The highest BCUT2D eigenvalue weighted by Gasteiger charge is 2.00. The molecule has 0 aliphatic heterocycles. The molecule has 1 aromatic heterocycles. The van der Waals surface area contributed by atoms with E-state index in [2.05, 4.69) is 52.8 Å². The number of pyridine rings is 1. The molecule has 0 unspecified atom stereocenters. The van der Waals surface area contributed by atoms with Crippen LogP contribution in [-0.2, 0) is 13.1 Å². The predicted octanol–water partition coefficient (Wildman–Crippen LogP) is 3.52. The topological polar surface area (TPSA) is 24.9 Å². The van der Waals surface area contributed by atoms with Gasteiger partial charge in [0.15, 0.2) is 0 Å². The van der Waals surface area contributed by atoms with Crippen LogP contribution >= 0.6 is 0 Å². The average Bonchev–Trinajstić information content (AvgIpc) is 2.49. The molecule has 3 rings (SSSR count). The second-order valence-corrected chi connectivity index (χ2v) is 4.56. The Balaban J connectivity index is 1.72. The van der Waals surface area contributed by atoms with Crippen LogP contribution in [-0.4, -0.2) is 4.98 Å². The molecule has 2 nitrogen and oxygen atoms in total. The van der Waals surface area contributed by atoms with Gasteiger partial charge in [-0.3, -0.25) is 4.98 Å². The Morgan fingerprint density at radius 2 is 1.63 bits per heavy atom. The Morgan fingerprint density at radius 1 is 0.789 bits per heavy atom. The maximum atomic E-state index is 4.31. The fraction of sp³-hybridized carbons (Fsp3) is 0.118. The fourth-order valence-electron chi connectivity index (χ4n) is 2.27. The maximum Gasteiger partial charge on any atom is 0.0541 e. The summed E-state index contributed by atoms with van der Waals surface area (Å²) in [6, 6.07) is 20.9. The number of fused-ring (bicyclic) bond motifs is 1. The molecule has 94 valence electrons. The molecule has 0 spiro atoms. The van der Waals surface area contributed by atoms with Crippen LogP contribution in [0.25, 0.3) is 10.8 Å². The summed E-state index contributed by atoms with van der Waals surface area (Å²) in [5.74, 6) is 0. The van der Waals surface area contributed by atoms with Gasteiger partial charge >= 0.3 is 0 Å². The van der Waals surface area contributed by atoms with Crippen molar-refractivity contribution in [3.8, 4) is 0 Å². The highest BCUT2D eigenvalue weighted by molar-refractivity contribution is 5.85. The smallest absolute Gasteiger partial charge is 0.0541 e. The summed E-state index contributed by atoms with van der Waals surface area (Å²) < 4.78 is 0. The Labute approximate surface area is 113 Å². The number of hydrogen-bond donors (Lipinski definition) is 1. The highest BCUT2D eigenvalue weighted by atomic mass is 14.9. The van der Waals surface area contributed by atoms with Gasteiger partial charge in [0.05, 0.1) is 5.69 Å². The van der Waals surface area contributed by atoms with E-state index in [1.807, 2.05) is 24.4 Å². The molecule has 1 N–H and O–H groups in total. The first-order valence-electron chi connectivity index (χ1n) is 6.51. The molecule has 0 atom stereocenters. The highest BCUT2D eigenvalue weighted by Crippen LogP contribution is 2.18. The lowest BCUT2D eigenvalue weighted by molar-refractivity contribution is 0.682. The molecule has 0 amide bonds. The minimum absolute atomic E-state index is 0.796. The number of rotatable bonds is 4. The van der Waals surface area contributed by atoms with Crippen LogP contribution in [0, 0.1) is 0 Å². The van der Waals surface area contributed by atoms with E-state index in [4.69, 9.17) is 0 Å². The molecule has 0 radical (unpaired) electrons. The van der Waals surface area contributed by atoms with Gasteiger partial charge in [-0.1, -0.05) is 48.5 Å². The van der Waals surface area contributed by atoms with Crippen molar-refractivity contribution >= 4 is 10.8 Å². The lowest BCUT2D eigenvalue weighted by Gasteiger charge is -2.08. The van der Waals surface area contributed by atoms with E-state index in [0.717, 1.165) is 18.8 Å². The summed E-state index contributed by atoms with van der Waals surface area (Å²) in [6.07, 6.45) is 1.83. The molecular formula is C17H16N2. The van der Waals surface area contributed by atoms with E-state index >= 15 is 0 Å². The Hall–Kier alpha value is -2.19. The molecule has 0 fully saturated rings. The van der Waals surface area contributed by atoms with E-state index in [9.17, 15) is 0 Å². The monoisotopic (exact) mass is 248 g/mol. The molecule has 0 saturated carbocycles. The minimum atomic E-state index is 0.796. The first kappa shape index (κ1) is 11.9. The zero-order chi connectivity index (χ0) is 12.9. The molecule has 1 heterocycles. The van der Waals surface area contributed by atoms with E-state index in [-0.39, 0.29) is 0 Å². The lowest BCUT2D eigenvalue weighted by atomic mass is 10.0. The summed E-state index contributed by atoms with van der Waals surface area (Å²) in [4.78, 5) is 4.31. The van der Waals surface area contributed by atoms with Crippen LogP contribution in [0.15, 0.2) is 66.9 Å². The normalized spacial score (nSPS) is 10.7. The van der Waals surface area contributed by atoms with Gasteiger partial charge < -0.3 is 5.32 Å². The third-order valence-corrected chi connectivity index (χ3v) is 3.23. The van der Waals surface area contributed by atoms with Crippen molar-refractivity contribution in [1.29, 1.82) is 0 Å². The summed E-state index contributed by atoms with van der Waals surface area (Å²) in [5, 5.41) is 6.06. The average molecular weight is 248 g/mol. The van der Waals surface area contributed by atoms with Gasteiger partial charge in [-0.25, -0.2) is 0 Å². The van der Waals surface area contributed by atoms with Gasteiger partial charge in [-0.2, -0.15) is 0 Å². The van der Waals surface area contributed by atoms with Gasteiger partial charge in [0.25, 0.3) is 0 Å². The van der Waals surface area contributed by atoms with Crippen LogP contribution in [0.1, 0.15) is 11.3 Å². The summed E-state index contributed by atoms with van der Waals surface area (Å²) in [5.41, 5.74) is 2.40. The van der Waals surface area contributed by atoms with Crippen LogP contribution in [0.4, 0.5) is 0 Å². The largest absolute Gasteiger partial charge is 0.307 e. The van der Waals surface area contributed by atoms with E-state index in [1.54, 1.807) is 0 Å². The Bertz CT molecular complexity index is 657. The molecule has 0 aliphatic rings. The van der Waals surface area contributed by atoms with Crippen LogP contribution in [0.2, 0.25) is 0 Å². The lowest BCUT2D eigenvalue weighted by Crippen LogP contribution is -2.13. The van der Waals surface area contributed by atoms with Crippen molar-refractivity contribution in [2.45, 2.75) is 13.1 Å². The summed E-state index contributed by atoms with van der Waals surface area (Å²) in [7, 11) is 0. The predicted molar refractivity (Wildman–Crippen MR) is 78.7 cm³/mol. The third kappa shape index (κ3) is 2.80. The van der Waals surface area contributed by atoms with Gasteiger partial charge in [0.1, 0.15) is 0 Å². The van der Waals surface area contributed by atoms with Crippen LogP contribution in [0.3, 0.4) is 0 Å². The summed E-state index contributed by atoms with van der Waals surface area (Å²) in [6.45, 7) is 1.65. The molecule has 0 aliphatic carbocycles. The van der Waals surface area contributed by atoms with Crippen molar-refractivity contribution in [3.05, 3.63) is 78.1 Å². The van der Waals surface area contributed by atoms with Gasteiger partial charge in [0.2, 0.25) is 0 Å². The quantitative estimate of drug-likeness (QED) is 0.764. The van der Waals surface area contributed by atoms with Crippen molar-refractivity contribution in [1.82, 2.24) is 10.3 Å². The molecule has 3 aromatic rings. The second-order valence-electron chi connectivity index (χ2n) is 4.56. The van der Waals surface area contributed by atoms with Crippen molar-refractivity contribution in [3.63, 3.8) is 0 Å². The molecule has 0 bridgehead atoms. The minimum Gasteiger partial charge on any atom is -0.307 e. The second kappa shape index (κ2) is 5.63. The van der Waals surface area contributed by atoms with Crippen LogP contribution in [0.5, 0.6) is 0 Å². The number of hydrogen-bond acceptors (Lipinski definition) is 2. The zero-order valence-corrected chi connectivity index (χ0v) is 10.7.